The molecule has 1 fully saturated rings. The normalized spacial score (nSPS) is 15.9. The number of nitrogens with two attached hydrogens (primary N) is 1. The van der Waals surface area contributed by atoms with E-state index in [-0.39, 0.29) is 11.7 Å². The third-order valence-electron chi connectivity index (χ3n) is 6.13. The standard InChI is InChI=1S/C24H26FN5O2/c25-18-10-16(7-8-20(18)32-21(26)9-6-14-4-5-14)30-24(31)17-12-28-19-3-1-2-15-11-27-13-29-23(15)22(17)19/h7-8,10-14,21,28H,1-6,9,26H2,(H,30,31). The Labute approximate surface area is 185 Å². The molecule has 1 aromatic carbocycles. The summed E-state index contributed by atoms with van der Waals surface area (Å²) in [4.78, 5) is 24.8. The van der Waals surface area contributed by atoms with Crippen molar-refractivity contribution in [1.29, 1.82) is 0 Å². The van der Waals surface area contributed by atoms with Crippen molar-refractivity contribution in [2.24, 2.45) is 11.7 Å². The molecule has 7 nitrogen and oxygen atoms in total. The average molecular weight is 436 g/mol. The number of carbonyl (C=O) groups is 1. The van der Waals surface area contributed by atoms with Gasteiger partial charge in [-0.2, -0.15) is 0 Å². The molecule has 5 rings (SSSR count). The summed E-state index contributed by atoms with van der Waals surface area (Å²) in [7, 11) is 0. The van der Waals surface area contributed by atoms with Gasteiger partial charge in [-0.15, -0.1) is 0 Å². The van der Waals surface area contributed by atoms with Gasteiger partial charge in [0.25, 0.3) is 5.91 Å². The first kappa shape index (κ1) is 20.6. The van der Waals surface area contributed by atoms with Gasteiger partial charge in [0.1, 0.15) is 12.6 Å². The zero-order chi connectivity index (χ0) is 22.1. The van der Waals surface area contributed by atoms with Crippen LogP contribution in [0.25, 0.3) is 11.3 Å². The highest BCUT2D eigenvalue weighted by molar-refractivity contribution is 6.09. The van der Waals surface area contributed by atoms with Crippen molar-refractivity contribution in [2.75, 3.05) is 5.32 Å². The van der Waals surface area contributed by atoms with Crippen molar-refractivity contribution >= 4 is 11.6 Å². The Hall–Kier alpha value is -3.26. The fraction of sp³-hybridized carbons (Fsp3) is 0.375. The largest absolute Gasteiger partial charge is 0.473 e. The number of anilines is 1. The molecule has 2 aromatic heterocycles. The Bertz CT molecular complexity index is 1140. The van der Waals surface area contributed by atoms with E-state index < -0.39 is 12.0 Å². The summed E-state index contributed by atoms with van der Waals surface area (Å²) < 4.78 is 20.1. The van der Waals surface area contributed by atoms with Gasteiger partial charge in [-0.1, -0.05) is 12.8 Å². The summed E-state index contributed by atoms with van der Waals surface area (Å²) in [6.45, 7) is 0. The number of nitrogens with zero attached hydrogens (tertiary/aromatic N) is 2. The fourth-order valence-electron chi connectivity index (χ4n) is 4.24. The van der Waals surface area contributed by atoms with Crippen LogP contribution in [0.1, 0.15) is 53.7 Å². The van der Waals surface area contributed by atoms with Gasteiger partial charge in [-0.25, -0.2) is 14.4 Å². The Balaban J connectivity index is 1.31. The van der Waals surface area contributed by atoms with Crippen LogP contribution in [0.4, 0.5) is 10.1 Å². The molecule has 1 saturated carbocycles. The molecule has 32 heavy (non-hydrogen) atoms. The van der Waals surface area contributed by atoms with E-state index in [2.05, 4.69) is 20.3 Å². The first-order chi connectivity index (χ1) is 15.6. The second-order valence-electron chi connectivity index (χ2n) is 8.58. The Morgan fingerprint density at radius 2 is 2.22 bits per heavy atom. The van der Waals surface area contributed by atoms with E-state index in [1.54, 1.807) is 18.5 Å². The summed E-state index contributed by atoms with van der Waals surface area (Å²) in [5.74, 6) is -0.0553. The molecule has 1 unspecified atom stereocenters. The van der Waals surface area contributed by atoms with Crippen LogP contribution < -0.4 is 15.8 Å². The van der Waals surface area contributed by atoms with Crippen molar-refractivity contribution in [3.63, 3.8) is 0 Å². The molecule has 166 valence electrons. The number of amides is 1. The number of nitrogens with one attached hydrogen (secondary N) is 2. The number of fused-ring (bicyclic) bond motifs is 3. The van der Waals surface area contributed by atoms with Crippen molar-refractivity contribution in [1.82, 2.24) is 15.0 Å². The Morgan fingerprint density at radius 3 is 3.03 bits per heavy atom. The Kier molecular flexibility index (Phi) is 5.61. The van der Waals surface area contributed by atoms with Crippen LogP contribution in [0, 0.1) is 11.7 Å². The first-order valence-electron chi connectivity index (χ1n) is 11.1. The molecule has 0 radical (unpaired) electrons. The van der Waals surface area contributed by atoms with E-state index in [1.165, 1.54) is 31.3 Å². The molecular formula is C24H26FN5O2. The summed E-state index contributed by atoms with van der Waals surface area (Å²) in [6, 6.07) is 4.37. The number of hydrogen-bond donors (Lipinski definition) is 3. The second-order valence-corrected chi connectivity index (χ2v) is 8.58. The highest BCUT2D eigenvalue weighted by Crippen LogP contribution is 2.35. The van der Waals surface area contributed by atoms with Gasteiger partial charge in [0.15, 0.2) is 11.6 Å². The van der Waals surface area contributed by atoms with E-state index in [1.807, 2.05) is 0 Å². The number of aromatic amines is 1. The summed E-state index contributed by atoms with van der Waals surface area (Å²) in [5.41, 5.74) is 10.4. The van der Waals surface area contributed by atoms with Gasteiger partial charge in [0.05, 0.1) is 11.3 Å². The van der Waals surface area contributed by atoms with Crippen molar-refractivity contribution in [3.05, 3.63) is 59.6 Å². The highest BCUT2D eigenvalue weighted by atomic mass is 19.1. The minimum absolute atomic E-state index is 0.0902. The van der Waals surface area contributed by atoms with Crippen molar-refractivity contribution in [3.8, 4) is 17.0 Å². The number of ether oxygens (including phenoxy) is 1. The fourth-order valence-corrected chi connectivity index (χ4v) is 4.24. The van der Waals surface area contributed by atoms with Crippen LogP contribution in [0.2, 0.25) is 0 Å². The van der Waals surface area contributed by atoms with E-state index in [0.29, 0.717) is 17.7 Å². The maximum atomic E-state index is 14.6. The van der Waals surface area contributed by atoms with Gasteiger partial charge in [-0.3, -0.25) is 10.5 Å². The molecule has 3 aromatic rings. The zero-order valence-corrected chi connectivity index (χ0v) is 17.7. The molecule has 8 heteroatoms. The second kappa shape index (κ2) is 8.70. The quantitative estimate of drug-likeness (QED) is 0.482. The average Bonchev–Trinajstić information content (AvgIpc) is 3.55. The predicted molar refractivity (Wildman–Crippen MR) is 119 cm³/mol. The molecule has 1 amide bonds. The van der Waals surface area contributed by atoms with Crippen LogP contribution in [0.3, 0.4) is 0 Å². The Morgan fingerprint density at radius 1 is 1.34 bits per heavy atom. The van der Waals surface area contributed by atoms with E-state index >= 15 is 0 Å². The molecule has 1 atom stereocenters. The SMILES string of the molecule is NC(CCC1CC1)Oc1ccc(NC(=O)c2c[nH]c3c2-c2ncncc2CCC3)cc1F. The first-order valence-corrected chi connectivity index (χ1v) is 11.1. The number of aromatic nitrogens is 3. The van der Waals surface area contributed by atoms with E-state index in [4.69, 9.17) is 10.5 Å². The van der Waals surface area contributed by atoms with Gasteiger partial charge in [0, 0.05) is 35.4 Å². The third-order valence-corrected chi connectivity index (χ3v) is 6.13. The smallest absolute Gasteiger partial charge is 0.257 e. The molecule has 0 bridgehead atoms. The lowest BCUT2D eigenvalue weighted by Gasteiger charge is -2.15. The summed E-state index contributed by atoms with van der Waals surface area (Å²) >= 11 is 0. The molecule has 0 saturated heterocycles. The number of benzene rings is 1. The molecular weight excluding hydrogens is 409 g/mol. The maximum absolute atomic E-state index is 14.6. The van der Waals surface area contributed by atoms with Crippen LogP contribution in [-0.2, 0) is 12.8 Å². The van der Waals surface area contributed by atoms with Gasteiger partial charge in [-0.05, 0) is 55.7 Å². The van der Waals surface area contributed by atoms with Crippen LogP contribution >= 0.6 is 0 Å². The van der Waals surface area contributed by atoms with Crippen LogP contribution in [0.15, 0.2) is 36.9 Å². The molecule has 2 aliphatic rings. The van der Waals surface area contributed by atoms with Crippen LogP contribution in [-0.4, -0.2) is 27.1 Å². The topological polar surface area (TPSA) is 106 Å². The number of carbonyl (C=O) groups excluding carboxylic acids is 1. The summed E-state index contributed by atoms with van der Waals surface area (Å²) in [6.07, 6.45) is 11.3. The number of H-pyrrole nitrogens is 1. The molecule has 0 spiro atoms. The molecule has 2 heterocycles. The lowest BCUT2D eigenvalue weighted by molar-refractivity contribution is 0.102. The van der Waals surface area contributed by atoms with Crippen molar-refractivity contribution in [2.45, 2.75) is 51.2 Å². The lowest BCUT2D eigenvalue weighted by atomic mass is 10.0. The molecule has 0 aliphatic heterocycles. The van der Waals surface area contributed by atoms with Gasteiger partial charge >= 0.3 is 0 Å². The maximum Gasteiger partial charge on any atom is 0.257 e. The molecule has 2 aliphatic carbocycles. The third kappa shape index (κ3) is 4.36. The van der Waals surface area contributed by atoms with Gasteiger partial charge in [0.2, 0.25) is 0 Å². The predicted octanol–water partition coefficient (Wildman–Crippen LogP) is 4.21. The number of hydrogen-bond acceptors (Lipinski definition) is 5. The molecule has 4 N–H and O–H groups in total. The zero-order valence-electron chi connectivity index (χ0n) is 17.7. The highest BCUT2D eigenvalue weighted by Gasteiger charge is 2.25. The van der Waals surface area contributed by atoms with E-state index in [9.17, 15) is 9.18 Å². The number of aryl methyl sites for hydroxylation is 2. The summed E-state index contributed by atoms with van der Waals surface area (Å²) in [5, 5.41) is 2.79. The minimum atomic E-state index is -0.560. The number of rotatable bonds is 7. The van der Waals surface area contributed by atoms with Crippen molar-refractivity contribution < 1.29 is 13.9 Å². The lowest BCUT2D eigenvalue weighted by Crippen LogP contribution is -2.27. The minimum Gasteiger partial charge on any atom is -0.473 e. The van der Waals surface area contributed by atoms with E-state index in [0.717, 1.165) is 54.1 Å². The number of halogens is 1. The monoisotopic (exact) mass is 435 g/mol. The van der Waals surface area contributed by atoms with Gasteiger partial charge < -0.3 is 15.0 Å². The van der Waals surface area contributed by atoms with Crippen LogP contribution in [0.5, 0.6) is 5.75 Å².